The van der Waals surface area contributed by atoms with Gasteiger partial charge in [0.25, 0.3) is 11.8 Å². The number of aliphatic imine (C=N–C) groups is 2. The van der Waals surface area contributed by atoms with E-state index in [9.17, 15) is 9.59 Å². The number of carbonyl (C=O) groups excluding carboxylic acids is 2. The summed E-state index contributed by atoms with van der Waals surface area (Å²) in [6.07, 6.45) is 6.38. The maximum Gasteiger partial charge on any atom is 0.251 e. The average molecular weight is 548 g/mol. The van der Waals surface area contributed by atoms with E-state index in [1.54, 1.807) is 10.9 Å². The highest BCUT2D eigenvalue weighted by Gasteiger charge is 2.54. The summed E-state index contributed by atoms with van der Waals surface area (Å²) in [6, 6.07) is 7.38. The van der Waals surface area contributed by atoms with Gasteiger partial charge >= 0.3 is 0 Å². The molecule has 12 heteroatoms. The molecular formula is C28H33N7O5. The van der Waals surface area contributed by atoms with E-state index in [-0.39, 0.29) is 29.2 Å². The lowest BCUT2D eigenvalue weighted by Gasteiger charge is -2.38. The molecular weight excluding hydrogens is 514 g/mol. The largest absolute Gasteiger partial charge is 0.379 e. The van der Waals surface area contributed by atoms with Crippen molar-refractivity contribution in [2.45, 2.75) is 25.6 Å². The minimum Gasteiger partial charge on any atom is -0.379 e. The van der Waals surface area contributed by atoms with Crippen molar-refractivity contribution in [2.75, 3.05) is 46.6 Å². The number of amidine groups is 1. The molecule has 2 aromatic rings. The number of aromatic nitrogens is 2. The predicted octanol–water partition coefficient (Wildman–Crippen LogP) is 1.39. The number of amides is 2. The van der Waals surface area contributed by atoms with Gasteiger partial charge in [0.15, 0.2) is 0 Å². The molecule has 40 heavy (non-hydrogen) atoms. The number of imidazole rings is 1. The zero-order chi connectivity index (χ0) is 28.3. The molecule has 1 fully saturated rings. The number of hydrogen-bond acceptors (Lipinski definition) is 9. The van der Waals surface area contributed by atoms with E-state index < -0.39 is 17.6 Å². The molecule has 1 saturated heterocycles. The Morgan fingerprint density at radius 2 is 1.93 bits per heavy atom. The lowest BCUT2D eigenvalue weighted by atomic mass is 9.84. The molecule has 1 aliphatic carbocycles. The number of nitrogens with two attached hydrogens (primary N) is 2. The molecule has 0 saturated carbocycles. The number of allylic oxidation sites excluding steroid dienone is 1. The van der Waals surface area contributed by atoms with Crippen molar-refractivity contribution in [3.8, 4) is 0 Å². The number of ether oxygens (including phenoxy) is 3. The molecule has 1 atom stereocenters. The van der Waals surface area contributed by atoms with E-state index in [0.29, 0.717) is 48.6 Å². The van der Waals surface area contributed by atoms with E-state index in [0.717, 1.165) is 19.6 Å². The van der Waals surface area contributed by atoms with Crippen LogP contribution in [0, 0.1) is 0 Å². The summed E-state index contributed by atoms with van der Waals surface area (Å²) >= 11 is 0. The van der Waals surface area contributed by atoms with Crippen molar-refractivity contribution >= 4 is 40.1 Å². The van der Waals surface area contributed by atoms with E-state index in [1.165, 1.54) is 7.11 Å². The fraction of sp³-hybridized carbons (Fsp3) is 0.393. The Morgan fingerprint density at radius 1 is 1.15 bits per heavy atom. The van der Waals surface area contributed by atoms with Gasteiger partial charge in [0.1, 0.15) is 23.6 Å². The first-order valence-electron chi connectivity index (χ1n) is 13.2. The number of carbonyl (C=O) groups is 2. The number of morpholine rings is 1. The Kier molecular flexibility index (Phi) is 8.03. The summed E-state index contributed by atoms with van der Waals surface area (Å²) in [6.45, 7) is 5.87. The Morgan fingerprint density at radius 3 is 2.62 bits per heavy atom. The summed E-state index contributed by atoms with van der Waals surface area (Å²) in [5.74, 6) is -3.24. The highest BCUT2D eigenvalue weighted by molar-refractivity contribution is 6.30. The number of benzene rings is 1. The number of primary amides is 2. The first-order valence-corrected chi connectivity index (χ1v) is 13.2. The van der Waals surface area contributed by atoms with Gasteiger partial charge in [0, 0.05) is 33.2 Å². The topological polar surface area (TPSA) is 160 Å². The maximum absolute atomic E-state index is 13.2. The SMILES string of the molecule is CC=CCC1=NC2=C(n3cnc4ccccc43)C(C(N)=O)=C(C(N)=O)C(OC)(OCCCN3CCOCC3)C2=N1. The van der Waals surface area contributed by atoms with Gasteiger partial charge in [-0.15, -0.1) is 0 Å². The van der Waals surface area contributed by atoms with Gasteiger partial charge in [-0.3, -0.25) is 19.1 Å². The van der Waals surface area contributed by atoms with E-state index in [1.807, 2.05) is 43.3 Å². The second-order valence-electron chi connectivity index (χ2n) is 9.52. The molecule has 0 spiro atoms. The molecule has 5 rings (SSSR count). The van der Waals surface area contributed by atoms with E-state index >= 15 is 0 Å². The van der Waals surface area contributed by atoms with Crippen LogP contribution in [-0.2, 0) is 23.8 Å². The minimum atomic E-state index is -1.89. The average Bonchev–Trinajstić information content (AvgIpc) is 3.59. The molecule has 0 radical (unpaired) electrons. The first-order chi connectivity index (χ1) is 19.4. The van der Waals surface area contributed by atoms with Crippen molar-refractivity contribution in [3.63, 3.8) is 0 Å². The number of nitrogens with zero attached hydrogens (tertiary/aromatic N) is 5. The van der Waals surface area contributed by atoms with Crippen LogP contribution in [0.3, 0.4) is 0 Å². The fourth-order valence-corrected chi connectivity index (χ4v) is 5.24. The normalized spacial score (nSPS) is 21.8. The van der Waals surface area contributed by atoms with Crippen molar-refractivity contribution in [1.29, 1.82) is 0 Å². The lowest BCUT2D eigenvalue weighted by molar-refractivity contribution is -0.155. The number of methoxy groups -OCH3 is 1. The summed E-state index contributed by atoms with van der Waals surface area (Å²) < 4.78 is 19.4. The van der Waals surface area contributed by atoms with Crippen LogP contribution < -0.4 is 11.5 Å². The molecule has 210 valence electrons. The molecule has 2 amide bonds. The van der Waals surface area contributed by atoms with Gasteiger partial charge in [-0.1, -0.05) is 24.3 Å². The third-order valence-electron chi connectivity index (χ3n) is 7.10. The van der Waals surface area contributed by atoms with Crippen LogP contribution in [-0.4, -0.2) is 90.2 Å². The van der Waals surface area contributed by atoms with Gasteiger partial charge in [0.2, 0.25) is 5.79 Å². The predicted molar refractivity (Wildman–Crippen MR) is 150 cm³/mol. The Bertz CT molecular complexity index is 1480. The smallest absolute Gasteiger partial charge is 0.251 e. The Hall–Kier alpha value is -3.97. The first kappa shape index (κ1) is 27.6. The third-order valence-corrected chi connectivity index (χ3v) is 7.10. The van der Waals surface area contributed by atoms with E-state index in [4.69, 9.17) is 35.7 Å². The van der Waals surface area contributed by atoms with Crippen molar-refractivity contribution in [2.24, 2.45) is 21.5 Å². The molecule has 2 aliphatic heterocycles. The molecule has 3 aliphatic rings. The molecule has 4 N–H and O–H groups in total. The molecule has 1 unspecified atom stereocenters. The summed E-state index contributed by atoms with van der Waals surface area (Å²) in [5.41, 5.74) is 13.7. The van der Waals surface area contributed by atoms with Crippen LogP contribution in [0.25, 0.3) is 16.7 Å². The molecule has 1 aromatic heterocycles. The van der Waals surface area contributed by atoms with Crippen LogP contribution in [0.5, 0.6) is 0 Å². The molecule has 3 heterocycles. The van der Waals surface area contributed by atoms with Crippen LogP contribution in [0.4, 0.5) is 0 Å². The quantitative estimate of drug-likeness (QED) is 0.244. The van der Waals surface area contributed by atoms with Crippen molar-refractivity contribution in [1.82, 2.24) is 14.5 Å². The van der Waals surface area contributed by atoms with Gasteiger partial charge in [-0.05, 0) is 25.5 Å². The van der Waals surface area contributed by atoms with Gasteiger partial charge in [0.05, 0.1) is 47.7 Å². The summed E-state index contributed by atoms with van der Waals surface area (Å²) in [5, 5.41) is 0. The lowest BCUT2D eigenvalue weighted by Crippen LogP contribution is -2.53. The van der Waals surface area contributed by atoms with Crippen LogP contribution in [0.1, 0.15) is 19.8 Å². The highest BCUT2D eigenvalue weighted by Crippen LogP contribution is 2.44. The second kappa shape index (κ2) is 11.6. The van der Waals surface area contributed by atoms with Crippen LogP contribution in [0.2, 0.25) is 0 Å². The third kappa shape index (κ3) is 4.90. The highest BCUT2D eigenvalue weighted by atomic mass is 16.7. The van der Waals surface area contributed by atoms with Gasteiger partial charge in [-0.25, -0.2) is 15.0 Å². The number of fused-ring (bicyclic) bond motifs is 2. The van der Waals surface area contributed by atoms with E-state index in [2.05, 4.69) is 9.88 Å². The van der Waals surface area contributed by atoms with Crippen molar-refractivity contribution in [3.05, 3.63) is 59.6 Å². The Balaban J connectivity index is 1.65. The second-order valence-corrected chi connectivity index (χ2v) is 9.52. The zero-order valence-corrected chi connectivity index (χ0v) is 22.6. The number of rotatable bonds is 11. The van der Waals surface area contributed by atoms with Gasteiger partial charge in [-0.2, -0.15) is 0 Å². The maximum atomic E-state index is 13.2. The van der Waals surface area contributed by atoms with Gasteiger partial charge < -0.3 is 25.7 Å². The van der Waals surface area contributed by atoms with Crippen molar-refractivity contribution < 1.29 is 23.8 Å². The number of hydrogen-bond donors (Lipinski definition) is 2. The van der Waals surface area contributed by atoms with Crippen LogP contribution in [0.15, 0.2) is 69.6 Å². The standard InChI is InChI=1S/C28H33N7O5/c1-3-4-10-20-32-23-24(35-17-31-18-8-5-6-9-19(18)35)21(26(29)36)22(27(30)37)28(38-2,25(23)33-20)40-14-7-11-34-12-15-39-16-13-34/h3-6,8-9,17H,7,10-16H2,1-2H3,(H2,29,36)(H2,30,37). The Labute approximate surface area is 231 Å². The fourth-order valence-electron chi connectivity index (χ4n) is 5.24. The molecule has 1 aromatic carbocycles. The minimum absolute atomic E-state index is 0.157. The monoisotopic (exact) mass is 547 g/mol. The molecule has 0 bridgehead atoms. The summed E-state index contributed by atoms with van der Waals surface area (Å²) in [7, 11) is 1.38. The molecule has 12 nitrogen and oxygen atoms in total. The summed E-state index contributed by atoms with van der Waals surface area (Å²) in [4.78, 5) is 42.6. The zero-order valence-electron chi connectivity index (χ0n) is 22.6. The number of para-hydroxylation sites is 2. The van der Waals surface area contributed by atoms with Crippen LogP contribution >= 0.6 is 0 Å².